The highest BCUT2D eigenvalue weighted by Crippen LogP contribution is 2.35. The van der Waals surface area contributed by atoms with Crippen LogP contribution < -0.4 is 0 Å². The molecule has 1 unspecified atom stereocenters. The highest BCUT2D eigenvalue weighted by atomic mass is 19.1. The Labute approximate surface area is 187 Å². The molecule has 2 heterocycles. The molecule has 2 amide bonds. The first-order chi connectivity index (χ1) is 15.2. The lowest BCUT2D eigenvalue weighted by molar-refractivity contribution is -0.0227. The molecule has 0 saturated carbocycles. The van der Waals surface area contributed by atoms with E-state index >= 15 is 0 Å². The SMILES string of the molecule is CC(C)(C)OC(=O)N1CC[C@H]1COC(=O)N1CCc2ccccc2C1c1ccc(F)cc1. The summed E-state index contributed by atoms with van der Waals surface area (Å²) in [5, 5.41) is 0. The lowest BCUT2D eigenvalue weighted by Crippen LogP contribution is -2.55. The van der Waals surface area contributed by atoms with Gasteiger partial charge in [-0.2, -0.15) is 0 Å². The van der Waals surface area contributed by atoms with Crippen molar-refractivity contribution in [3.63, 3.8) is 0 Å². The number of ether oxygens (including phenoxy) is 2. The van der Waals surface area contributed by atoms with Gasteiger partial charge in [0, 0.05) is 13.1 Å². The number of hydrogen-bond donors (Lipinski definition) is 0. The number of halogens is 1. The Kier molecular flexibility index (Phi) is 6.09. The van der Waals surface area contributed by atoms with Crippen LogP contribution in [0.1, 0.15) is 49.9 Å². The topological polar surface area (TPSA) is 59.1 Å². The molecule has 0 radical (unpaired) electrons. The maximum absolute atomic E-state index is 13.5. The summed E-state index contributed by atoms with van der Waals surface area (Å²) in [7, 11) is 0. The molecule has 6 nitrogen and oxygen atoms in total. The number of rotatable bonds is 3. The van der Waals surface area contributed by atoms with Crippen LogP contribution in [0.5, 0.6) is 0 Å². The molecule has 7 heteroatoms. The standard InChI is InChI=1S/C25H29FN2O4/c1-25(2,3)32-24(30)27-15-13-20(27)16-31-23(29)28-14-12-17-6-4-5-7-21(17)22(28)18-8-10-19(26)11-9-18/h4-11,20,22H,12-16H2,1-3H3/t20-,22?/m0/s1. The monoisotopic (exact) mass is 440 g/mol. The molecular weight excluding hydrogens is 411 g/mol. The van der Waals surface area contributed by atoms with Crippen LogP contribution in [0.4, 0.5) is 14.0 Å². The van der Waals surface area contributed by atoms with Crippen molar-refractivity contribution in [3.8, 4) is 0 Å². The Balaban J connectivity index is 1.46. The molecule has 0 bridgehead atoms. The summed E-state index contributed by atoms with van der Waals surface area (Å²) in [6.07, 6.45) is 0.651. The molecular formula is C25H29FN2O4. The van der Waals surface area contributed by atoms with E-state index in [2.05, 4.69) is 6.07 Å². The molecule has 1 saturated heterocycles. The molecule has 4 rings (SSSR count). The first-order valence-corrected chi connectivity index (χ1v) is 11.0. The Morgan fingerprint density at radius 1 is 1.00 bits per heavy atom. The summed E-state index contributed by atoms with van der Waals surface area (Å²) in [6, 6.07) is 13.7. The molecule has 0 N–H and O–H groups in total. The van der Waals surface area contributed by atoms with Crippen LogP contribution in [-0.4, -0.2) is 53.3 Å². The summed E-state index contributed by atoms with van der Waals surface area (Å²) < 4.78 is 24.6. The fourth-order valence-electron chi connectivity index (χ4n) is 4.19. The molecule has 2 aliphatic heterocycles. The van der Waals surface area contributed by atoms with E-state index in [1.807, 2.05) is 39.0 Å². The zero-order valence-electron chi connectivity index (χ0n) is 18.7. The molecule has 170 valence electrons. The van der Waals surface area contributed by atoms with E-state index in [4.69, 9.17) is 9.47 Å². The second kappa shape index (κ2) is 8.81. The van der Waals surface area contributed by atoms with E-state index in [1.165, 1.54) is 17.7 Å². The number of hydrogen-bond acceptors (Lipinski definition) is 4. The first kappa shape index (κ1) is 22.1. The molecule has 2 aromatic rings. The molecule has 2 aromatic carbocycles. The number of fused-ring (bicyclic) bond motifs is 1. The first-order valence-electron chi connectivity index (χ1n) is 11.0. The minimum atomic E-state index is -0.572. The van der Waals surface area contributed by atoms with E-state index in [1.54, 1.807) is 21.9 Å². The average Bonchev–Trinajstić information content (AvgIpc) is 2.71. The van der Waals surface area contributed by atoms with Gasteiger partial charge in [-0.3, -0.25) is 4.90 Å². The van der Waals surface area contributed by atoms with Gasteiger partial charge in [-0.05, 0) is 62.4 Å². The third kappa shape index (κ3) is 4.71. The van der Waals surface area contributed by atoms with Gasteiger partial charge in [-0.15, -0.1) is 0 Å². The van der Waals surface area contributed by atoms with E-state index < -0.39 is 11.7 Å². The van der Waals surface area contributed by atoms with Gasteiger partial charge in [0.15, 0.2) is 0 Å². The van der Waals surface area contributed by atoms with Crippen LogP contribution in [0.2, 0.25) is 0 Å². The average molecular weight is 441 g/mol. The minimum Gasteiger partial charge on any atom is -0.447 e. The van der Waals surface area contributed by atoms with Crippen LogP contribution in [0, 0.1) is 5.82 Å². The second-order valence-electron chi connectivity index (χ2n) is 9.29. The van der Waals surface area contributed by atoms with E-state index in [9.17, 15) is 14.0 Å². The lowest BCUT2D eigenvalue weighted by atomic mass is 9.88. The van der Waals surface area contributed by atoms with Crippen LogP contribution in [-0.2, 0) is 15.9 Å². The van der Waals surface area contributed by atoms with Gasteiger partial charge in [-0.1, -0.05) is 36.4 Å². The quantitative estimate of drug-likeness (QED) is 0.680. The van der Waals surface area contributed by atoms with Gasteiger partial charge >= 0.3 is 12.2 Å². The number of carbonyl (C=O) groups excluding carboxylic acids is 2. The summed E-state index contributed by atoms with van der Waals surface area (Å²) in [6.45, 7) is 6.67. The van der Waals surface area contributed by atoms with Crippen molar-refractivity contribution < 1.29 is 23.5 Å². The maximum Gasteiger partial charge on any atom is 0.410 e. The molecule has 0 spiro atoms. The second-order valence-corrected chi connectivity index (χ2v) is 9.29. The van der Waals surface area contributed by atoms with E-state index in [-0.39, 0.29) is 30.6 Å². The summed E-state index contributed by atoms with van der Waals surface area (Å²) in [5.41, 5.74) is 2.44. The van der Waals surface area contributed by atoms with Crippen molar-refractivity contribution in [1.82, 2.24) is 9.80 Å². The van der Waals surface area contributed by atoms with E-state index in [0.29, 0.717) is 13.1 Å². The minimum absolute atomic E-state index is 0.117. The largest absolute Gasteiger partial charge is 0.447 e. The number of amides is 2. The molecule has 2 atom stereocenters. The van der Waals surface area contributed by atoms with Crippen molar-refractivity contribution >= 4 is 12.2 Å². The van der Waals surface area contributed by atoms with Crippen molar-refractivity contribution in [3.05, 3.63) is 71.0 Å². The Hall–Kier alpha value is -3.09. The zero-order chi connectivity index (χ0) is 22.9. The molecule has 2 aliphatic rings. The number of nitrogens with zero attached hydrogens (tertiary/aromatic N) is 2. The zero-order valence-corrected chi connectivity index (χ0v) is 18.7. The van der Waals surface area contributed by atoms with Crippen molar-refractivity contribution in [2.45, 2.75) is 51.3 Å². The lowest BCUT2D eigenvalue weighted by Gasteiger charge is -2.41. The normalized spacial score (nSPS) is 20.2. The van der Waals surface area contributed by atoms with Crippen LogP contribution >= 0.6 is 0 Å². The van der Waals surface area contributed by atoms with Gasteiger partial charge in [0.1, 0.15) is 18.0 Å². The predicted molar refractivity (Wildman–Crippen MR) is 118 cm³/mol. The van der Waals surface area contributed by atoms with Gasteiger partial charge in [0.05, 0.1) is 12.1 Å². The van der Waals surface area contributed by atoms with Gasteiger partial charge in [0.2, 0.25) is 0 Å². The third-order valence-corrected chi connectivity index (χ3v) is 5.87. The molecule has 0 aliphatic carbocycles. The van der Waals surface area contributed by atoms with Crippen molar-refractivity contribution in [1.29, 1.82) is 0 Å². The van der Waals surface area contributed by atoms with Gasteiger partial charge in [0.25, 0.3) is 0 Å². The van der Waals surface area contributed by atoms with Gasteiger partial charge < -0.3 is 14.4 Å². The number of carbonyl (C=O) groups is 2. The third-order valence-electron chi connectivity index (χ3n) is 5.87. The summed E-state index contributed by atoms with van der Waals surface area (Å²) in [4.78, 5) is 28.7. The summed E-state index contributed by atoms with van der Waals surface area (Å²) in [5.74, 6) is -0.320. The number of benzene rings is 2. The molecule has 1 fully saturated rings. The van der Waals surface area contributed by atoms with Gasteiger partial charge in [-0.25, -0.2) is 14.0 Å². The van der Waals surface area contributed by atoms with Crippen molar-refractivity contribution in [2.24, 2.45) is 0 Å². The predicted octanol–water partition coefficient (Wildman–Crippen LogP) is 4.92. The van der Waals surface area contributed by atoms with Crippen LogP contribution in [0.25, 0.3) is 0 Å². The van der Waals surface area contributed by atoms with Crippen molar-refractivity contribution in [2.75, 3.05) is 19.7 Å². The van der Waals surface area contributed by atoms with Crippen LogP contribution in [0.15, 0.2) is 48.5 Å². The summed E-state index contributed by atoms with van der Waals surface area (Å²) >= 11 is 0. The molecule has 32 heavy (non-hydrogen) atoms. The molecule has 0 aromatic heterocycles. The number of likely N-dealkylation sites (tertiary alicyclic amines) is 1. The Bertz CT molecular complexity index is 986. The Morgan fingerprint density at radius 3 is 2.38 bits per heavy atom. The smallest absolute Gasteiger partial charge is 0.410 e. The van der Waals surface area contributed by atoms with E-state index in [0.717, 1.165) is 24.0 Å². The highest BCUT2D eigenvalue weighted by Gasteiger charge is 2.38. The maximum atomic E-state index is 13.5. The fourth-order valence-corrected chi connectivity index (χ4v) is 4.19. The van der Waals surface area contributed by atoms with Crippen LogP contribution in [0.3, 0.4) is 0 Å². The Morgan fingerprint density at radius 2 is 1.72 bits per heavy atom. The fraction of sp³-hybridized carbons (Fsp3) is 0.440. The highest BCUT2D eigenvalue weighted by molar-refractivity contribution is 5.71.